The van der Waals surface area contributed by atoms with Crippen LogP contribution in [0.1, 0.15) is 29.8 Å². The summed E-state index contributed by atoms with van der Waals surface area (Å²) in [6, 6.07) is 19.2. The minimum atomic E-state index is -4.02. The van der Waals surface area contributed by atoms with E-state index in [0.29, 0.717) is 5.69 Å². The monoisotopic (exact) mass is 500 g/mol. The number of aryl methyl sites for hydroxylation is 1. The van der Waals surface area contributed by atoms with Gasteiger partial charge in [0.15, 0.2) is 0 Å². The topological polar surface area (TPSA) is 92.8 Å². The number of rotatable bonds is 9. The van der Waals surface area contributed by atoms with Gasteiger partial charge in [-0.1, -0.05) is 48.9 Å². The molecule has 7 nitrogen and oxygen atoms in total. The molecule has 0 atom stereocenters. The summed E-state index contributed by atoms with van der Waals surface area (Å²) >= 11 is 6.24. The highest BCUT2D eigenvalue weighted by atomic mass is 35.5. The van der Waals surface area contributed by atoms with Gasteiger partial charge in [0.05, 0.1) is 33.5 Å². The van der Waals surface area contributed by atoms with Crippen molar-refractivity contribution in [3.8, 4) is 0 Å². The van der Waals surface area contributed by atoms with Crippen LogP contribution in [0.3, 0.4) is 0 Å². The van der Waals surface area contributed by atoms with E-state index in [9.17, 15) is 18.0 Å². The molecule has 1 N–H and O–H groups in total. The molecule has 0 saturated heterocycles. The molecule has 3 aromatic carbocycles. The van der Waals surface area contributed by atoms with Crippen LogP contribution in [0.2, 0.25) is 5.02 Å². The average molecular weight is 501 g/mol. The molecule has 0 radical (unpaired) electrons. The van der Waals surface area contributed by atoms with Gasteiger partial charge in [-0.05, 0) is 61.4 Å². The highest BCUT2D eigenvalue weighted by molar-refractivity contribution is 7.92. The van der Waals surface area contributed by atoms with Gasteiger partial charge in [-0.15, -0.1) is 0 Å². The fourth-order valence-corrected chi connectivity index (χ4v) is 4.88. The lowest BCUT2D eigenvalue weighted by Gasteiger charge is -2.24. The van der Waals surface area contributed by atoms with Crippen LogP contribution < -0.4 is 9.62 Å². The van der Waals surface area contributed by atoms with Crippen LogP contribution in [0.4, 0.5) is 11.4 Å². The molecule has 0 heterocycles. The van der Waals surface area contributed by atoms with Crippen molar-refractivity contribution in [3.63, 3.8) is 0 Å². The van der Waals surface area contributed by atoms with Crippen molar-refractivity contribution in [2.45, 2.75) is 25.2 Å². The number of esters is 1. The van der Waals surface area contributed by atoms with Crippen LogP contribution in [-0.2, 0) is 26.0 Å². The molecule has 0 aliphatic heterocycles. The summed E-state index contributed by atoms with van der Waals surface area (Å²) < 4.78 is 32.8. The zero-order valence-corrected chi connectivity index (χ0v) is 20.4. The van der Waals surface area contributed by atoms with Gasteiger partial charge < -0.3 is 10.1 Å². The number of carbonyl (C=O) groups is 2. The molecule has 34 heavy (non-hydrogen) atoms. The van der Waals surface area contributed by atoms with Crippen molar-refractivity contribution in [1.82, 2.24) is 0 Å². The maximum atomic E-state index is 13.4. The molecule has 178 valence electrons. The lowest BCUT2D eigenvalue weighted by Crippen LogP contribution is -2.38. The van der Waals surface area contributed by atoms with Gasteiger partial charge in [-0.25, -0.2) is 13.2 Å². The summed E-state index contributed by atoms with van der Waals surface area (Å²) in [5.41, 5.74) is 1.89. The third kappa shape index (κ3) is 5.95. The van der Waals surface area contributed by atoms with E-state index in [4.69, 9.17) is 16.3 Å². The molecule has 0 aromatic heterocycles. The molecular weight excluding hydrogens is 476 g/mol. The molecule has 3 rings (SSSR count). The SMILES string of the molecule is CCOC(=O)c1ccc(NC(=O)CN(c2ccc(CC)cc2)S(=O)(=O)c2ccccc2)c(Cl)c1. The Hall–Kier alpha value is -3.36. The zero-order valence-electron chi connectivity index (χ0n) is 18.8. The summed E-state index contributed by atoms with van der Waals surface area (Å²) in [7, 11) is -4.02. The highest BCUT2D eigenvalue weighted by Crippen LogP contribution is 2.26. The molecule has 0 unspecified atom stereocenters. The lowest BCUT2D eigenvalue weighted by molar-refractivity contribution is -0.114. The fourth-order valence-electron chi connectivity index (χ4n) is 3.21. The van der Waals surface area contributed by atoms with Crippen LogP contribution in [0.5, 0.6) is 0 Å². The molecule has 9 heteroatoms. The van der Waals surface area contributed by atoms with Crippen molar-refractivity contribution in [1.29, 1.82) is 0 Å². The first-order valence-corrected chi connectivity index (χ1v) is 12.5. The van der Waals surface area contributed by atoms with E-state index in [-0.39, 0.29) is 27.8 Å². The minimum Gasteiger partial charge on any atom is -0.462 e. The van der Waals surface area contributed by atoms with E-state index in [1.54, 1.807) is 37.3 Å². The smallest absolute Gasteiger partial charge is 0.338 e. The van der Waals surface area contributed by atoms with E-state index in [0.717, 1.165) is 16.3 Å². The number of halogens is 1. The van der Waals surface area contributed by atoms with E-state index in [1.165, 1.54) is 30.3 Å². The first-order chi connectivity index (χ1) is 16.3. The summed E-state index contributed by atoms with van der Waals surface area (Å²) in [5, 5.41) is 2.75. The first kappa shape index (κ1) is 25.3. The van der Waals surface area contributed by atoms with Gasteiger partial charge in [-0.3, -0.25) is 9.10 Å². The van der Waals surface area contributed by atoms with Crippen molar-refractivity contribution >= 4 is 44.9 Å². The standard InChI is InChI=1S/C25H25ClN2O5S/c1-3-18-10-13-20(14-11-18)28(34(31,32)21-8-6-5-7-9-21)17-24(29)27-23-15-12-19(16-22(23)26)25(30)33-4-2/h5-16H,3-4,17H2,1-2H3,(H,27,29). The summed E-state index contributed by atoms with van der Waals surface area (Å²) in [6.45, 7) is 3.44. The van der Waals surface area contributed by atoms with Gasteiger partial charge in [0, 0.05) is 0 Å². The Labute approximate surface area is 204 Å². The summed E-state index contributed by atoms with van der Waals surface area (Å²) in [5.74, 6) is -1.12. The molecule has 0 aliphatic rings. The third-order valence-corrected chi connectivity index (χ3v) is 7.11. The molecular formula is C25H25ClN2O5S. The second kappa shape index (κ2) is 11.2. The first-order valence-electron chi connectivity index (χ1n) is 10.7. The number of anilines is 2. The second-order valence-electron chi connectivity index (χ2n) is 7.31. The number of carbonyl (C=O) groups excluding carboxylic acids is 2. The third-order valence-electron chi connectivity index (χ3n) is 5.01. The van der Waals surface area contributed by atoms with E-state index < -0.39 is 28.4 Å². The van der Waals surface area contributed by atoms with Crippen LogP contribution in [0.15, 0.2) is 77.7 Å². The Kier molecular flexibility index (Phi) is 8.31. The zero-order chi connectivity index (χ0) is 24.7. The number of nitrogens with one attached hydrogen (secondary N) is 1. The molecule has 0 spiro atoms. The quantitative estimate of drug-likeness (QED) is 0.421. The van der Waals surface area contributed by atoms with E-state index >= 15 is 0 Å². The van der Waals surface area contributed by atoms with Crippen LogP contribution in [0.25, 0.3) is 0 Å². The molecule has 3 aromatic rings. The van der Waals surface area contributed by atoms with Gasteiger partial charge >= 0.3 is 5.97 Å². The van der Waals surface area contributed by atoms with Gasteiger partial charge in [0.25, 0.3) is 10.0 Å². The Morgan fingerprint density at radius 2 is 1.65 bits per heavy atom. The van der Waals surface area contributed by atoms with Gasteiger partial charge in [0.2, 0.25) is 5.91 Å². The number of sulfonamides is 1. The lowest BCUT2D eigenvalue weighted by atomic mass is 10.1. The van der Waals surface area contributed by atoms with E-state index in [2.05, 4.69) is 5.32 Å². The Morgan fingerprint density at radius 3 is 2.24 bits per heavy atom. The Morgan fingerprint density at radius 1 is 0.971 bits per heavy atom. The maximum absolute atomic E-state index is 13.4. The maximum Gasteiger partial charge on any atom is 0.338 e. The Bertz CT molecular complexity index is 1260. The van der Waals surface area contributed by atoms with E-state index in [1.807, 2.05) is 19.1 Å². The number of nitrogens with zero attached hydrogens (tertiary/aromatic N) is 1. The largest absolute Gasteiger partial charge is 0.462 e. The van der Waals surface area contributed by atoms with Crippen LogP contribution in [-0.4, -0.2) is 33.4 Å². The molecule has 1 amide bonds. The number of amides is 1. The molecule has 0 aliphatic carbocycles. The number of hydrogen-bond acceptors (Lipinski definition) is 5. The van der Waals surface area contributed by atoms with Crippen molar-refractivity contribution < 1.29 is 22.7 Å². The number of ether oxygens (including phenoxy) is 1. The van der Waals surface area contributed by atoms with Gasteiger partial charge in [0.1, 0.15) is 6.54 Å². The van der Waals surface area contributed by atoms with Crippen molar-refractivity contribution in [2.75, 3.05) is 22.8 Å². The van der Waals surface area contributed by atoms with Crippen LogP contribution >= 0.6 is 11.6 Å². The van der Waals surface area contributed by atoms with Crippen LogP contribution in [0, 0.1) is 0 Å². The predicted molar refractivity (Wildman–Crippen MR) is 133 cm³/mol. The molecule has 0 saturated carbocycles. The summed E-state index contributed by atoms with van der Waals surface area (Å²) in [6.07, 6.45) is 0.798. The Balaban J connectivity index is 1.88. The van der Waals surface area contributed by atoms with Crippen molar-refractivity contribution in [2.24, 2.45) is 0 Å². The number of hydrogen-bond donors (Lipinski definition) is 1. The fraction of sp³-hybridized carbons (Fsp3) is 0.200. The average Bonchev–Trinajstić information content (AvgIpc) is 2.84. The summed E-state index contributed by atoms with van der Waals surface area (Å²) in [4.78, 5) is 24.9. The van der Waals surface area contributed by atoms with Crippen molar-refractivity contribution in [3.05, 3.63) is 88.9 Å². The molecule has 0 fully saturated rings. The predicted octanol–water partition coefficient (Wildman–Crippen LogP) is 4.91. The highest BCUT2D eigenvalue weighted by Gasteiger charge is 2.27. The minimum absolute atomic E-state index is 0.0687. The number of benzene rings is 3. The normalized spacial score (nSPS) is 11.0. The van der Waals surface area contributed by atoms with Gasteiger partial charge in [-0.2, -0.15) is 0 Å². The second-order valence-corrected chi connectivity index (χ2v) is 9.58. The molecule has 0 bridgehead atoms.